The second kappa shape index (κ2) is 10.5. The minimum Gasteiger partial charge on any atom is -0.457 e. The fourth-order valence-corrected chi connectivity index (χ4v) is 6.06. The molecule has 1 aliphatic heterocycles. The van der Waals surface area contributed by atoms with Gasteiger partial charge in [-0.15, -0.1) is 5.10 Å². The second-order valence-electron chi connectivity index (χ2n) is 10.6. The van der Waals surface area contributed by atoms with Crippen LogP contribution in [0.5, 0.6) is 11.5 Å². The maximum Gasteiger partial charge on any atom is 0.247 e. The second-order valence-corrected chi connectivity index (χ2v) is 10.6. The van der Waals surface area contributed by atoms with Crippen molar-refractivity contribution < 1.29 is 4.74 Å². The molecule has 7 rings (SSSR count). The van der Waals surface area contributed by atoms with Gasteiger partial charge >= 0.3 is 0 Å². The summed E-state index contributed by atoms with van der Waals surface area (Å²) < 4.78 is 7.86. The third kappa shape index (κ3) is 5.12. The minimum atomic E-state index is 0.606. The highest BCUT2D eigenvalue weighted by atomic mass is 16.5. The van der Waals surface area contributed by atoms with Crippen LogP contribution < -0.4 is 10.1 Å². The van der Waals surface area contributed by atoms with E-state index in [0.717, 1.165) is 46.6 Å². The Hall–Kier alpha value is -4.16. The van der Waals surface area contributed by atoms with Crippen LogP contribution in [0, 0.1) is 0 Å². The van der Waals surface area contributed by atoms with Gasteiger partial charge in [-0.2, -0.15) is 4.98 Å². The lowest BCUT2D eigenvalue weighted by Gasteiger charge is -2.25. The van der Waals surface area contributed by atoms with Gasteiger partial charge in [0.15, 0.2) is 5.65 Å². The molecule has 1 fully saturated rings. The van der Waals surface area contributed by atoms with Crippen molar-refractivity contribution in [2.75, 3.05) is 18.4 Å². The number of aromatic nitrogens is 3. The number of rotatable bonds is 6. The van der Waals surface area contributed by atoms with Gasteiger partial charge < -0.3 is 15.0 Å². The highest BCUT2D eigenvalue weighted by Crippen LogP contribution is 2.30. The smallest absolute Gasteiger partial charge is 0.247 e. The molecule has 6 heteroatoms. The van der Waals surface area contributed by atoms with Crippen LogP contribution in [0.4, 0.5) is 11.6 Å². The highest BCUT2D eigenvalue weighted by Gasteiger charge is 2.24. The summed E-state index contributed by atoms with van der Waals surface area (Å²) in [6.45, 7) is 2.56. The molecular formula is C33H33N5O. The summed E-state index contributed by atoms with van der Waals surface area (Å²) in [6, 6.07) is 31.5. The summed E-state index contributed by atoms with van der Waals surface area (Å²) in [5.41, 5.74) is 6.84. The van der Waals surface area contributed by atoms with Crippen LogP contribution in [0.1, 0.15) is 36.8 Å². The first-order chi connectivity index (χ1) is 19.3. The molecule has 1 N–H and O–H groups in total. The van der Waals surface area contributed by atoms with Crippen molar-refractivity contribution in [1.29, 1.82) is 0 Å². The lowest BCUT2D eigenvalue weighted by atomic mass is 10.0. The lowest BCUT2D eigenvalue weighted by Crippen LogP contribution is -2.32. The third-order valence-electron chi connectivity index (χ3n) is 8.10. The summed E-state index contributed by atoms with van der Waals surface area (Å²) in [4.78, 5) is 7.49. The van der Waals surface area contributed by atoms with Crippen molar-refractivity contribution in [3.8, 4) is 22.8 Å². The first-order valence-electron chi connectivity index (χ1n) is 14.1. The van der Waals surface area contributed by atoms with Crippen LogP contribution in [0.15, 0.2) is 91.0 Å². The number of nitrogens with one attached hydrogen (secondary N) is 1. The van der Waals surface area contributed by atoms with E-state index in [4.69, 9.17) is 14.8 Å². The number of hydrogen-bond donors (Lipinski definition) is 1. The van der Waals surface area contributed by atoms with Crippen LogP contribution in [0.3, 0.4) is 0 Å². The molecule has 0 spiro atoms. The van der Waals surface area contributed by atoms with E-state index in [2.05, 4.69) is 46.6 Å². The number of likely N-dealkylation sites (tertiary alicyclic amines) is 1. The summed E-state index contributed by atoms with van der Waals surface area (Å²) in [5, 5.41) is 8.30. The van der Waals surface area contributed by atoms with Crippen molar-refractivity contribution in [1.82, 2.24) is 19.5 Å². The predicted octanol–water partition coefficient (Wildman–Crippen LogP) is 7.28. The predicted molar refractivity (Wildman–Crippen MR) is 156 cm³/mol. The Balaban J connectivity index is 1.09. The van der Waals surface area contributed by atoms with E-state index in [0.29, 0.717) is 5.95 Å². The zero-order chi connectivity index (χ0) is 26.0. The molecule has 0 radical (unpaired) electrons. The Labute approximate surface area is 229 Å². The largest absolute Gasteiger partial charge is 0.457 e. The Morgan fingerprint density at radius 1 is 0.744 bits per heavy atom. The quantitative estimate of drug-likeness (QED) is 0.241. The van der Waals surface area contributed by atoms with Crippen LogP contribution >= 0.6 is 0 Å². The van der Waals surface area contributed by atoms with Crippen LogP contribution in [0.2, 0.25) is 0 Å². The van der Waals surface area contributed by atoms with E-state index in [1.165, 1.54) is 56.3 Å². The van der Waals surface area contributed by atoms with E-state index in [1.54, 1.807) is 0 Å². The molecule has 1 saturated heterocycles. The van der Waals surface area contributed by atoms with Crippen molar-refractivity contribution in [2.45, 2.75) is 44.6 Å². The van der Waals surface area contributed by atoms with Crippen LogP contribution in [-0.4, -0.2) is 38.6 Å². The van der Waals surface area contributed by atoms with Gasteiger partial charge in [0.05, 0.1) is 5.69 Å². The topological polar surface area (TPSA) is 54.7 Å². The molecule has 0 amide bonds. The van der Waals surface area contributed by atoms with Gasteiger partial charge in [0.25, 0.3) is 0 Å². The third-order valence-corrected chi connectivity index (χ3v) is 8.10. The summed E-state index contributed by atoms with van der Waals surface area (Å²) in [5.74, 6) is 2.23. The number of fused-ring (bicyclic) bond motifs is 2. The van der Waals surface area contributed by atoms with Crippen LogP contribution in [-0.2, 0) is 12.8 Å². The Bertz CT molecular complexity index is 1570. The molecule has 1 aliphatic carbocycles. The maximum atomic E-state index is 5.96. The number of para-hydroxylation sites is 1. The molecule has 2 aliphatic rings. The van der Waals surface area contributed by atoms with Gasteiger partial charge in [-0.05, 0) is 123 Å². The molecule has 2 aromatic heterocycles. The fraction of sp³-hybridized carbons (Fsp3) is 0.273. The average Bonchev–Trinajstić information content (AvgIpc) is 3.60. The lowest BCUT2D eigenvalue weighted by molar-refractivity contribution is 0.222. The van der Waals surface area contributed by atoms with Gasteiger partial charge in [0.2, 0.25) is 5.95 Å². The molecule has 196 valence electrons. The Morgan fingerprint density at radius 2 is 1.51 bits per heavy atom. The van der Waals surface area contributed by atoms with Crippen molar-refractivity contribution >= 4 is 17.3 Å². The highest BCUT2D eigenvalue weighted by molar-refractivity contribution is 5.65. The number of pyridine rings is 1. The number of nitrogens with zero attached hydrogens (tertiary/aromatic N) is 4. The van der Waals surface area contributed by atoms with Crippen molar-refractivity contribution in [3.05, 3.63) is 102 Å². The van der Waals surface area contributed by atoms with E-state index in [-0.39, 0.29) is 0 Å². The van der Waals surface area contributed by atoms with Gasteiger partial charge in [-0.1, -0.05) is 30.3 Å². The molecule has 0 saturated carbocycles. The van der Waals surface area contributed by atoms with Gasteiger partial charge in [-0.3, -0.25) is 0 Å². The number of hydrogen-bond acceptors (Lipinski definition) is 5. The molecule has 6 nitrogen and oxygen atoms in total. The van der Waals surface area contributed by atoms with E-state index in [1.807, 2.05) is 59.1 Å². The molecule has 5 aromatic rings. The fourth-order valence-electron chi connectivity index (χ4n) is 6.06. The molecule has 0 bridgehead atoms. The molecule has 1 atom stereocenters. The number of aryl methyl sites for hydroxylation is 2. The molecule has 3 aromatic carbocycles. The summed E-state index contributed by atoms with van der Waals surface area (Å²) >= 11 is 0. The molecule has 0 unspecified atom stereocenters. The van der Waals surface area contributed by atoms with E-state index >= 15 is 0 Å². The van der Waals surface area contributed by atoms with Gasteiger partial charge in [0, 0.05) is 17.3 Å². The van der Waals surface area contributed by atoms with Gasteiger partial charge in [-0.25, -0.2) is 4.52 Å². The average molecular weight is 516 g/mol. The standard InChI is InChI=1S/C33H33N5O/c1-2-7-29(8-3-1)39-30-19-14-25(15-20-30)31-9-6-10-32-35-33(36-38(31)32)34-27-16-11-24-12-17-28(18-13-26(24)23-27)37-21-4-5-22-37/h1-3,6-11,14-16,19-20,23,28H,4-5,12-13,17-18,21-22H2,(H,34,36)/t28-/m0/s1. The molecule has 39 heavy (non-hydrogen) atoms. The monoisotopic (exact) mass is 515 g/mol. The molecular weight excluding hydrogens is 482 g/mol. The summed E-state index contributed by atoms with van der Waals surface area (Å²) in [7, 11) is 0. The number of ether oxygens (including phenoxy) is 1. The maximum absolute atomic E-state index is 5.96. The normalized spacial score (nSPS) is 17.6. The SMILES string of the molecule is c1ccc(Oc2ccc(-c3cccc4nc(Nc5ccc6c(c5)CC[C@@H](N5CCCC5)CC6)nn34)cc2)cc1. The number of anilines is 2. The summed E-state index contributed by atoms with van der Waals surface area (Å²) in [6.07, 6.45) is 7.55. The number of benzene rings is 3. The van der Waals surface area contributed by atoms with Crippen LogP contribution in [0.25, 0.3) is 16.9 Å². The first-order valence-corrected chi connectivity index (χ1v) is 14.1. The van der Waals surface area contributed by atoms with Crippen molar-refractivity contribution in [2.24, 2.45) is 0 Å². The minimum absolute atomic E-state index is 0.606. The first kappa shape index (κ1) is 23.9. The van der Waals surface area contributed by atoms with E-state index in [9.17, 15) is 0 Å². The Morgan fingerprint density at radius 3 is 2.33 bits per heavy atom. The zero-order valence-corrected chi connectivity index (χ0v) is 22.1. The van der Waals surface area contributed by atoms with Gasteiger partial charge in [0.1, 0.15) is 11.5 Å². The Kier molecular flexibility index (Phi) is 6.47. The van der Waals surface area contributed by atoms with E-state index < -0.39 is 0 Å². The zero-order valence-electron chi connectivity index (χ0n) is 22.1. The molecule has 3 heterocycles. The van der Waals surface area contributed by atoms with Crippen molar-refractivity contribution in [3.63, 3.8) is 0 Å².